The van der Waals surface area contributed by atoms with Crippen LogP contribution < -0.4 is 0 Å². The molecular formula is C22H16N4O. The number of aromatic nitrogens is 4. The number of oxazole rings is 1. The van der Waals surface area contributed by atoms with Gasteiger partial charge < -0.3 is 8.98 Å². The Hall–Kier alpha value is -3.73. The van der Waals surface area contributed by atoms with Crippen molar-refractivity contribution < 1.29 is 4.42 Å². The van der Waals surface area contributed by atoms with Gasteiger partial charge in [-0.05, 0) is 35.4 Å². The van der Waals surface area contributed by atoms with Gasteiger partial charge in [0.15, 0.2) is 11.4 Å². The Labute approximate surface area is 155 Å². The van der Waals surface area contributed by atoms with Gasteiger partial charge in [-0.1, -0.05) is 48.5 Å². The standard InChI is InChI=1S/C22H16N4O/c1-26-14-23-25-21(26)18-10-3-2-9-17(18)15-7-6-8-16(13-15)22-24-19-11-4-5-12-20(19)27-22/h2-14H,1H3. The lowest BCUT2D eigenvalue weighted by Gasteiger charge is -2.10. The molecule has 0 aliphatic heterocycles. The summed E-state index contributed by atoms with van der Waals surface area (Å²) >= 11 is 0. The number of para-hydroxylation sites is 2. The Morgan fingerprint density at radius 3 is 2.41 bits per heavy atom. The molecule has 5 nitrogen and oxygen atoms in total. The number of nitrogens with zero attached hydrogens (tertiary/aromatic N) is 4. The number of aryl methyl sites for hydroxylation is 1. The van der Waals surface area contributed by atoms with E-state index in [9.17, 15) is 0 Å². The number of hydrogen-bond donors (Lipinski definition) is 0. The zero-order valence-corrected chi connectivity index (χ0v) is 14.7. The van der Waals surface area contributed by atoms with Gasteiger partial charge in [0.1, 0.15) is 11.8 Å². The van der Waals surface area contributed by atoms with E-state index in [2.05, 4.69) is 39.4 Å². The van der Waals surface area contributed by atoms with Crippen LogP contribution in [-0.4, -0.2) is 19.7 Å². The van der Waals surface area contributed by atoms with Crippen molar-refractivity contribution in [1.29, 1.82) is 0 Å². The number of rotatable bonds is 3. The molecule has 0 atom stereocenters. The number of hydrogen-bond acceptors (Lipinski definition) is 4. The Bertz CT molecular complexity index is 1220. The van der Waals surface area contributed by atoms with E-state index >= 15 is 0 Å². The highest BCUT2D eigenvalue weighted by Crippen LogP contribution is 2.33. The average molecular weight is 352 g/mol. The maximum absolute atomic E-state index is 5.93. The van der Waals surface area contributed by atoms with Crippen LogP contribution in [0, 0.1) is 0 Å². The van der Waals surface area contributed by atoms with Gasteiger partial charge in [0.25, 0.3) is 0 Å². The van der Waals surface area contributed by atoms with Gasteiger partial charge in [0.2, 0.25) is 5.89 Å². The third-order valence-electron chi connectivity index (χ3n) is 4.59. The van der Waals surface area contributed by atoms with Crippen molar-refractivity contribution in [2.24, 2.45) is 7.05 Å². The largest absolute Gasteiger partial charge is 0.436 e. The number of benzene rings is 3. The Balaban J connectivity index is 1.64. The highest BCUT2D eigenvalue weighted by molar-refractivity contribution is 5.83. The fourth-order valence-corrected chi connectivity index (χ4v) is 3.27. The topological polar surface area (TPSA) is 56.7 Å². The molecule has 0 bridgehead atoms. The summed E-state index contributed by atoms with van der Waals surface area (Å²) in [6, 6.07) is 24.2. The van der Waals surface area contributed by atoms with E-state index in [0.29, 0.717) is 5.89 Å². The summed E-state index contributed by atoms with van der Waals surface area (Å²) in [4.78, 5) is 4.61. The third-order valence-corrected chi connectivity index (χ3v) is 4.59. The van der Waals surface area contributed by atoms with E-state index in [-0.39, 0.29) is 0 Å². The van der Waals surface area contributed by atoms with Crippen LogP contribution in [0.4, 0.5) is 0 Å². The summed E-state index contributed by atoms with van der Waals surface area (Å²) in [5.41, 5.74) is 5.79. The van der Waals surface area contributed by atoms with Crippen LogP contribution in [0.5, 0.6) is 0 Å². The molecule has 0 aliphatic carbocycles. The maximum Gasteiger partial charge on any atom is 0.227 e. The van der Waals surface area contributed by atoms with Crippen molar-refractivity contribution in [1.82, 2.24) is 19.7 Å². The van der Waals surface area contributed by atoms with Gasteiger partial charge in [-0.15, -0.1) is 10.2 Å². The fraction of sp³-hybridized carbons (Fsp3) is 0.0455. The monoisotopic (exact) mass is 352 g/mol. The SMILES string of the molecule is Cn1cnnc1-c1ccccc1-c1cccc(-c2nc3ccccc3o2)c1. The summed E-state index contributed by atoms with van der Waals surface area (Å²) in [5.74, 6) is 1.45. The molecule has 130 valence electrons. The summed E-state index contributed by atoms with van der Waals surface area (Å²) in [5, 5.41) is 8.27. The molecule has 0 spiro atoms. The van der Waals surface area contributed by atoms with Crippen LogP contribution in [0.3, 0.4) is 0 Å². The van der Waals surface area contributed by atoms with Crippen LogP contribution in [0.15, 0.2) is 83.5 Å². The minimum Gasteiger partial charge on any atom is -0.436 e. The maximum atomic E-state index is 5.93. The summed E-state index contributed by atoms with van der Waals surface area (Å²) in [6.45, 7) is 0. The highest BCUT2D eigenvalue weighted by atomic mass is 16.3. The minimum absolute atomic E-state index is 0.620. The first kappa shape index (κ1) is 15.5. The molecule has 0 saturated carbocycles. The van der Waals surface area contributed by atoms with E-state index < -0.39 is 0 Å². The quantitative estimate of drug-likeness (QED) is 0.461. The first-order valence-electron chi connectivity index (χ1n) is 8.69. The molecule has 0 unspecified atom stereocenters. The molecule has 0 radical (unpaired) electrons. The fourth-order valence-electron chi connectivity index (χ4n) is 3.27. The molecular weight excluding hydrogens is 336 g/mol. The molecule has 3 aromatic carbocycles. The first-order chi connectivity index (χ1) is 13.3. The van der Waals surface area contributed by atoms with Gasteiger partial charge in [-0.25, -0.2) is 4.98 Å². The van der Waals surface area contributed by atoms with Crippen molar-refractivity contribution in [3.63, 3.8) is 0 Å². The molecule has 2 heterocycles. The lowest BCUT2D eigenvalue weighted by atomic mass is 9.97. The van der Waals surface area contributed by atoms with Crippen LogP contribution in [0.1, 0.15) is 0 Å². The second-order valence-electron chi connectivity index (χ2n) is 6.38. The molecule has 0 fully saturated rings. The Kier molecular flexibility index (Phi) is 3.57. The average Bonchev–Trinajstić information content (AvgIpc) is 3.34. The number of fused-ring (bicyclic) bond motifs is 1. The van der Waals surface area contributed by atoms with Gasteiger partial charge >= 0.3 is 0 Å². The van der Waals surface area contributed by atoms with Crippen molar-refractivity contribution in [3.8, 4) is 34.0 Å². The van der Waals surface area contributed by atoms with Gasteiger partial charge in [-0.3, -0.25) is 0 Å². The second-order valence-corrected chi connectivity index (χ2v) is 6.38. The van der Waals surface area contributed by atoms with E-state index in [4.69, 9.17) is 4.42 Å². The van der Waals surface area contributed by atoms with Crippen LogP contribution in [-0.2, 0) is 7.05 Å². The molecule has 5 heteroatoms. The predicted molar refractivity (Wildman–Crippen MR) is 105 cm³/mol. The molecule has 0 N–H and O–H groups in total. The molecule has 0 aliphatic rings. The molecule has 0 amide bonds. The Morgan fingerprint density at radius 2 is 1.59 bits per heavy atom. The molecule has 27 heavy (non-hydrogen) atoms. The van der Waals surface area contributed by atoms with Gasteiger partial charge in [0.05, 0.1) is 0 Å². The normalized spacial score (nSPS) is 11.1. The summed E-state index contributed by atoms with van der Waals surface area (Å²) in [7, 11) is 1.95. The lowest BCUT2D eigenvalue weighted by molar-refractivity contribution is 0.620. The van der Waals surface area contributed by atoms with Crippen molar-refractivity contribution in [2.75, 3.05) is 0 Å². The highest BCUT2D eigenvalue weighted by Gasteiger charge is 2.13. The van der Waals surface area contributed by atoms with Gasteiger partial charge in [0, 0.05) is 18.2 Å². The molecule has 5 rings (SSSR count). The molecule has 5 aromatic rings. The van der Waals surface area contributed by atoms with E-state index in [0.717, 1.165) is 39.2 Å². The van der Waals surface area contributed by atoms with E-state index in [1.807, 2.05) is 60.1 Å². The van der Waals surface area contributed by atoms with Crippen molar-refractivity contribution in [2.45, 2.75) is 0 Å². The minimum atomic E-state index is 0.620. The molecule has 2 aromatic heterocycles. The van der Waals surface area contributed by atoms with Crippen molar-refractivity contribution >= 4 is 11.1 Å². The summed E-state index contributed by atoms with van der Waals surface area (Å²) < 4.78 is 7.85. The second kappa shape index (κ2) is 6.21. The van der Waals surface area contributed by atoms with Crippen LogP contribution in [0.25, 0.3) is 45.1 Å². The van der Waals surface area contributed by atoms with Crippen LogP contribution >= 0.6 is 0 Å². The molecule has 0 saturated heterocycles. The van der Waals surface area contributed by atoms with Crippen molar-refractivity contribution in [3.05, 3.63) is 79.1 Å². The zero-order chi connectivity index (χ0) is 18.2. The lowest BCUT2D eigenvalue weighted by Crippen LogP contribution is -1.94. The Morgan fingerprint density at radius 1 is 0.815 bits per heavy atom. The first-order valence-corrected chi connectivity index (χ1v) is 8.69. The van der Waals surface area contributed by atoms with Gasteiger partial charge in [-0.2, -0.15) is 0 Å². The zero-order valence-electron chi connectivity index (χ0n) is 14.7. The van der Waals surface area contributed by atoms with E-state index in [1.54, 1.807) is 6.33 Å². The third kappa shape index (κ3) is 2.69. The van der Waals surface area contributed by atoms with Crippen LogP contribution in [0.2, 0.25) is 0 Å². The summed E-state index contributed by atoms with van der Waals surface area (Å²) in [6.07, 6.45) is 1.71. The van der Waals surface area contributed by atoms with E-state index in [1.165, 1.54) is 0 Å². The predicted octanol–water partition coefficient (Wildman–Crippen LogP) is 4.96. The smallest absolute Gasteiger partial charge is 0.227 e.